The number of nitrogens with two attached hydrogens (primary N) is 1. The van der Waals surface area contributed by atoms with E-state index in [2.05, 4.69) is 17.9 Å². The molecule has 128 valence electrons. The fourth-order valence-electron chi connectivity index (χ4n) is 1.07. The van der Waals surface area contributed by atoms with Crippen LogP contribution in [0.2, 0.25) is 0 Å². The molecule has 0 aliphatic heterocycles. The number of methoxy groups -OCH3 is 1. The monoisotopic (exact) mass is 330 g/mol. The molecule has 1 aromatic carbocycles. The Morgan fingerprint density at radius 3 is 2.00 bits per heavy atom. The third kappa shape index (κ3) is 12.4. The van der Waals surface area contributed by atoms with Crippen molar-refractivity contribution in [2.24, 2.45) is 5.73 Å². The second kappa shape index (κ2) is 13.3. The third-order valence-electron chi connectivity index (χ3n) is 2.29. The predicted octanol–water partition coefficient (Wildman–Crippen LogP) is 2.71. The lowest BCUT2D eigenvalue weighted by Crippen LogP contribution is -2.11. The molecule has 6 nitrogen and oxygen atoms in total. The van der Waals surface area contributed by atoms with Crippen molar-refractivity contribution in [2.45, 2.75) is 13.8 Å². The average molecular weight is 330 g/mol. The summed E-state index contributed by atoms with van der Waals surface area (Å²) in [5, 5.41) is 16.5. The molecule has 1 aromatic rings. The first-order valence-electron chi connectivity index (χ1n) is 6.71. The summed E-state index contributed by atoms with van der Waals surface area (Å²) in [7, 11) is 1.33. The number of hydrogen-bond acceptors (Lipinski definition) is 5. The van der Waals surface area contributed by atoms with Gasteiger partial charge in [0.15, 0.2) is 0 Å². The van der Waals surface area contributed by atoms with Crippen LogP contribution in [0.1, 0.15) is 19.4 Å². The Morgan fingerprint density at radius 1 is 1.29 bits per heavy atom. The SMILES string of the molecule is C/C(=C\c1ccc(O)cc1)C(N)=O.C=C(C)C(=O)OC.C=CC#N. The molecule has 24 heavy (non-hydrogen) atoms. The Labute approximate surface area is 142 Å². The smallest absolute Gasteiger partial charge is 0.332 e. The first kappa shape index (κ1) is 22.9. The van der Waals surface area contributed by atoms with Crippen LogP contribution in [0.4, 0.5) is 0 Å². The first-order chi connectivity index (χ1) is 11.2. The largest absolute Gasteiger partial charge is 0.508 e. The number of hydrogen-bond donors (Lipinski definition) is 2. The van der Waals surface area contributed by atoms with Gasteiger partial charge in [0.05, 0.1) is 13.2 Å². The van der Waals surface area contributed by atoms with Crippen LogP contribution in [-0.4, -0.2) is 24.1 Å². The Bertz CT molecular complexity index is 638. The molecular weight excluding hydrogens is 308 g/mol. The number of esters is 1. The molecule has 0 spiro atoms. The lowest BCUT2D eigenvalue weighted by Gasteiger charge is -1.96. The molecule has 6 heteroatoms. The summed E-state index contributed by atoms with van der Waals surface area (Å²) < 4.78 is 4.27. The van der Waals surface area contributed by atoms with E-state index < -0.39 is 5.91 Å². The van der Waals surface area contributed by atoms with Crippen LogP contribution < -0.4 is 5.73 Å². The highest BCUT2D eigenvalue weighted by Gasteiger charge is 1.97. The third-order valence-corrected chi connectivity index (χ3v) is 2.29. The van der Waals surface area contributed by atoms with Gasteiger partial charge in [-0.1, -0.05) is 25.3 Å². The topological polar surface area (TPSA) is 113 Å². The van der Waals surface area contributed by atoms with Gasteiger partial charge in [0.25, 0.3) is 0 Å². The summed E-state index contributed by atoms with van der Waals surface area (Å²) in [6.07, 6.45) is 2.85. The maximum atomic E-state index is 10.7. The number of phenolic OH excluding ortho intramolecular Hbond substituents is 1. The molecule has 1 rings (SSSR count). The lowest BCUT2D eigenvalue weighted by atomic mass is 10.1. The van der Waals surface area contributed by atoms with Crippen molar-refractivity contribution in [2.75, 3.05) is 7.11 Å². The Morgan fingerprint density at radius 2 is 1.75 bits per heavy atom. The van der Waals surface area contributed by atoms with Gasteiger partial charge in [-0.3, -0.25) is 4.79 Å². The van der Waals surface area contributed by atoms with Crippen LogP contribution in [0.25, 0.3) is 6.08 Å². The molecule has 0 saturated heterocycles. The number of benzene rings is 1. The Hall–Kier alpha value is -3.33. The van der Waals surface area contributed by atoms with Gasteiger partial charge in [-0.25, -0.2) is 4.79 Å². The van der Waals surface area contributed by atoms with Crippen molar-refractivity contribution in [1.29, 1.82) is 5.26 Å². The van der Waals surface area contributed by atoms with E-state index in [0.29, 0.717) is 11.1 Å². The predicted molar refractivity (Wildman–Crippen MR) is 93.6 cm³/mol. The highest BCUT2D eigenvalue weighted by atomic mass is 16.5. The summed E-state index contributed by atoms with van der Waals surface area (Å²) in [5.74, 6) is -0.582. The minimum Gasteiger partial charge on any atom is -0.508 e. The van der Waals surface area contributed by atoms with Crippen LogP contribution >= 0.6 is 0 Å². The van der Waals surface area contributed by atoms with Gasteiger partial charge in [-0.15, -0.1) is 0 Å². The molecule has 0 bridgehead atoms. The number of carbonyl (C=O) groups is 2. The number of nitrogens with zero attached hydrogens (tertiary/aromatic N) is 1. The summed E-state index contributed by atoms with van der Waals surface area (Å²) in [6.45, 7) is 9.72. The zero-order valence-electron chi connectivity index (χ0n) is 14.1. The van der Waals surface area contributed by atoms with E-state index in [0.717, 1.165) is 5.56 Å². The van der Waals surface area contributed by atoms with Crippen LogP contribution in [-0.2, 0) is 14.3 Å². The number of phenols is 1. The highest BCUT2D eigenvalue weighted by Crippen LogP contribution is 2.12. The molecular formula is C18H22N2O4. The van der Waals surface area contributed by atoms with E-state index in [1.54, 1.807) is 50.3 Å². The lowest BCUT2D eigenvalue weighted by molar-refractivity contribution is -0.136. The molecule has 0 saturated carbocycles. The van der Waals surface area contributed by atoms with E-state index in [1.165, 1.54) is 13.2 Å². The minimum absolute atomic E-state index is 0.203. The van der Waals surface area contributed by atoms with Gasteiger partial charge < -0.3 is 15.6 Å². The second-order valence-corrected chi connectivity index (χ2v) is 4.39. The van der Waals surface area contributed by atoms with Crippen LogP contribution in [0.3, 0.4) is 0 Å². The van der Waals surface area contributed by atoms with E-state index in [4.69, 9.17) is 16.1 Å². The molecule has 0 aliphatic rings. The normalized spacial score (nSPS) is 9.00. The molecule has 0 unspecified atom stereocenters. The number of carbonyl (C=O) groups excluding carboxylic acids is 2. The highest BCUT2D eigenvalue weighted by molar-refractivity contribution is 5.95. The van der Waals surface area contributed by atoms with Crippen molar-refractivity contribution in [3.8, 4) is 11.8 Å². The van der Waals surface area contributed by atoms with E-state index in [1.807, 2.05) is 0 Å². The summed E-state index contributed by atoms with van der Waals surface area (Å²) in [5.41, 5.74) is 6.82. The molecule has 3 N–H and O–H groups in total. The summed E-state index contributed by atoms with van der Waals surface area (Å²) >= 11 is 0. The number of amides is 1. The molecule has 0 heterocycles. The van der Waals surface area contributed by atoms with Crippen LogP contribution in [0, 0.1) is 11.3 Å². The number of aromatic hydroxyl groups is 1. The van der Waals surface area contributed by atoms with E-state index >= 15 is 0 Å². The van der Waals surface area contributed by atoms with Gasteiger partial charge in [-0.2, -0.15) is 5.26 Å². The quantitative estimate of drug-likeness (QED) is 0.502. The molecule has 0 radical (unpaired) electrons. The van der Waals surface area contributed by atoms with Gasteiger partial charge in [0.2, 0.25) is 5.91 Å². The fourth-order valence-corrected chi connectivity index (χ4v) is 1.07. The zero-order valence-corrected chi connectivity index (χ0v) is 14.1. The van der Waals surface area contributed by atoms with Crippen LogP contribution in [0.15, 0.2) is 54.6 Å². The number of nitriles is 1. The fraction of sp³-hybridized carbons (Fsp3) is 0.167. The van der Waals surface area contributed by atoms with Gasteiger partial charge in [0.1, 0.15) is 5.75 Å². The number of ether oxygens (including phenoxy) is 1. The Kier molecular flexibility index (Phi) is 12.8. The molecule has 0 aromatic heterocycles. The standard InChI is InChI=1S/C10H11NO2.C5H8O2.C3H3N/c1-7(10(11)13)6-8-2-4-9(12)5-3-8;1-4(2)5(6)7-3;1-2-3-4/h2-6,12H,1H3,(H2,11,13);1H2,2-3H3;2H,1H2/b7-6+;;. The maximum Gasteiger partial charge on any atom is 0.332 e. The van der Waals surface area contributed by atoms with Crippen molar-refractivity contribution >= 4 is 18.0 Å². The molecule has 0 fully saturated rings. The van der Waals surface area contributed by atoms with E-state index in [9.17, 15) is 9.59 Å². The van der Waals surface area contributed by atoms with Gasteiger partial charge >= 0.3 is 5.97 Å². The van der Waals surface area contributed by atoms with Crippen LogP contribution in [0.5, 0.6) is 5.75 Å². The van der Waals surface area contributed by atoms with Crippen molar-refractivity contribution in [3.63, 3.8) is 0 Å². The first-order valence-corrected chi connectivity index (χ1v) is 6.71. The Balaban J connectivity index is 0. The number of rotatable bonds is 3. The summed E-state index contributed by atoms with van der Waals surface area (Å²) in [4.78, 5) is 20.9. The second-order valence-electron chi connectivity index (χ2n) is 4.39. The zero-order chi connectivity index (χ0) is 19.1. The number of primary amides is 1. The maximum absolute atomic E-state index is 10.7. The minimum atomic E-state index is -0.437. The van der Waals surface area contributed by atoms with Gasteiger partial charge in [0, 0.05) is 17.2 Å². The van der Waals surface area contributed by atoms with Crippen molar-refractivity contribution in [3.05, 3.63) is 60.2 Å². The molecule has 1 amide bonds. The molecule has 0 atom stereocenters. The van der Waals surface area contributed by atoms with Gasteiger partial charge in [-0.05, 0) is 37.6 Å². The average Bonchev–Trinajstić information content (AvgIpc) is 2.56. The summed E-state index contributed by atoms with van der Waals surface area (Å²) in [6, 6.07) is 8.23. The van der Waals surface area contributed by atoms with Crippen molar-refractivity contribution < 1.29 is 19.4 Å². The molecule has 0 aliphatic carbocycles. The van der Waals surface area contributed by atoms with E-state index in [-0.39, 0.29) is 11.7 Å². The number of allylic oxidation sites excluding steroid dienone is 1. The van der Waals surface area contributed by atoms with Crippen molar-refractivity contribution in [1.82, 2.24) is 0 Å².